The lowest BCUT2D eigenvalue weighted by molar-refractivity contribution is -0.274. The highest BCUT2D eigenvalue weighted by atomic mass is 19.4. The Morgan fingerprint density at radius 3 is 2.28 bits per heavy atom. The Morgan fingerprint density at radius 2 is 1.67 bits per heavy atom. The number of alkyl halides is 3. The van der Waals surface area contributed by atoms with E-state index in [0.29, 0.717) is 18.7 Å². The van der Waals surface area contributed by atoms with Crippen LogP contribution in [0.3, 0.4) is 0 Å². The fourth-order valence-corrected chi connectivity index (χ4v) is 4.35. The van der Waals surface area contributed by atoms with Gasteiger partial charge < -0.3 is 20.3 Å². The van der Waals surface area contributed by atoms with Crippen LogP contribution in [0, 0.1) is 5.82 Å². The molecule has 36 heavy (non-hydrogen) atoms. The summed E-state index contributed by atoms with van der Waals surface area (Å²) in [5, 5.41) is 5.91. The molecule has 2 aromatic carbocycles. The summed E-state index contributed by atoms with van der Waals surface area (Å²) < 4.78 is 53.9. The lowest BCUT2D eigenvalue weighted by atomic mass is 9.93. The Kier molecular flexibility index (Phi) is 9.55. The van der Waals surface area contributed by atoms with Gasteiger partial charge in [-0.15, -0.1) is 13.2 Å². The first-order chi connectivity index (χ1) is 17.1. The zero-order chi connectivity index (χ0) is 26.1. The van der Waals surface area contributed by atoms with Crippen LogP contribution in [-0.4, -0.2) is 48.2 Å². The predicted molar refractivity (Wildman–Crippen MR) is 128 cm³/mol. The fraction of sp³-hybridized carbons (Fsp3) is 0.462. The van der Waals surface area contributed by atoms with E-state index in [0.717, 1.165) is 49.9 Å². The first-order valence-corrected chi connectivity index (χ1v) is 12.0. The van der Waals surface area contributed by atoms with E-state index in [9.17, 15) is 27.2 Å². The molecule has 1 fully saturated rings. The summed E-state index contributed by atoms with van der Waals surface area (Å²) >= 11 is 0. The summed E-state index contributed by atoms with van der Waals surface area (Å²) in [6, 6.07) is 10.3. The zero-order valence-corrected chi connectivity index (χ0v) is 20.1. The van der Waals surface area contributed by atoms with Gasteiger partial charge in [-0.1, -0.05) is 31.4 Å². The molecule has 0 radical (unpaired) electrons. The third-order valence-electron chi connectivity index (χ3n) is 6.09. The highest BCUT2D eigenvalue weighted by Crippen LogP contribution is 2.24. The van der Waals surface area contributed by atoms with Gasteiger partial charge in [-0.2, -0.15) is 0 Å². The van der Waals surface area contributed by atoms with Crippen molar-refractivity contribution in [3.05, 3.63) is 59.9 Å². The first kappa shape index (κ1) is 27.3. The minimum Gasteiger partial charge on any atom is -0.406 e. The minimum atomic E-state index is -4.78. The maximum absolute atomic E-state index is 13.3. The Hall–Kier alpha value is -3.30. The van der Waals surface area contributed by atoms with E-state index in [2.05, 4.69) is 15.4 Å². The molecule has 1 saturated carbocycles. The quantitative estimate of drug-likeness (QED) is 0.440. The monoisotopic (exact) mass is 509 g/mol. The largest absolute Gasteiger partial charge is 0.573 e. The number of rotatable bonds is 10. The van der Waals surface area contributed by atoms with Gasteiger partial charge in [-0.25, -0.2) is 4.39 Å². The molecule has 0 saturated heterocycles. The lowest BCUT2D eigenvalue weighted by Gasteiger charge is -2.36. The smallest absolute Gasteiger partial charge is 0.406 e. The molecule has 1 unspecified atom stereocenters. The molecule has 6 nitrogen and oxygen atoms in total. The van der Waals surface area contributed by atoms with Crippen molar-refractivity contribution in [1.82, 2.24) is 10.2 Å². The van der Waals surface area contributed by atoms with Crippen molar-refractivity contribution in [2.24, 2.45) is 0 Å². The van der Waals surface area contributed by atoms with E-state index >= 15 is 0 Å². The fourth-order valence-electron chi connectivity index (χ4n) is 4.35. The second-order valence-corrected chi connectivity index (χ2v) is 8.91. The van der Waals surface area contributed by atoms with Gasteiger partial charge in [0, 0.05) is 24.8 Å². The van der Waals surface area contributed by atoms with Crippen molar-refractivity contribution < 1.29 is 31.9 Å². The number of hydrogen-bond acceptors (Lipinski definition) is 4. The summed E-state index contributed by atoms with van der Waals surface area (Å²) in [4.78, 5) is 27.6. The summed E-state index contributed by atoms with van der Waals surface area (Å²) in [5.74, 6) is -1.29. The van der Waals surface area contributed by atoms with E-state index in [4.69, 9.17) is 0 Å². The number of benzene rings is 2. The van der Waals surface area contributed by atoms with Gasteiger partial charge in [-0.3, -0.25) is 9.59 Å². The number of hydrogen-bond donors (Lipinski definition) is 2. The molecule has 2 amide bonds. The van der Waals surface area contributed by atoms with E-state index in [1.807, 2.05) is 4.90 Å². The molecule has 10 heteroatoms. The molecule has 0 aromatic heterocycles. The van der Waals surface area contributed by atoms with Crippen LogP contribution in [0.15, 0.2) is 48.5 Å². The summed E-state index contributed by atoms with van der Waals surface area (Å²) in [6.45, 7) is 2.53. The summed E-state index contributed by atoms with van der Waals surface area (Å²) in [6.07, 6.45) is 0.131. The summed E-state index contributed by atoms with van der Waals surface area (Å²) in [5.41, 5.74) is 1.25. The highest BCUT2D eigenvalue weighted by molar-refractivity contribution is 5.88. The number of carbonyl (C=O) groups excluding carboxylic acids is 2. The molecule has 1 atom stereocenters. The first-order valence-electron chi connectivity index (χ1n) is 12.0. The van der Waals surface area contributed by atoms with Gasteiger partial charge in [0.25, 0.3) is 0 Å². The average Bonchev–Trinajstić information content (AvgIpc) is 2.83. The number of nitrogens with zero attached hydrogens (tertiary/aromatic N) is 1. The lowest BCUT2D eigenvalue weighted by Crippen LogP contribution is -2.52. The van der Waals surface area contributed by atoms with Gasteiger partial charge >= 0.3 is 6.36 Å². The normalized spacial score (nSPS) is 15.1. The molecule has 0 bridgehead atoms. The van der Waals surface area contributed by atoms with Crippen LogP contribution >= 0.6 is 0 Å². The van der Waals surface area contributed by atoms with Crippen LogP contribution in [0.25, 0.3) is 0 Å². The van der Waals surface area contributed by atoms with Crippen LogP contribution in [0.1, 0.15) is 44.6 Å². The van der Waals surface area contributed by atoms with Crippen LogP contribution in [-0.2, 0) is 16.0 Å². The van der Waals surface area contributed by atoms with E-state index in [1.165, 1.54) is 24.3 Å². The molecule has 0 spiro atoms. The molecule has 1 aliphatic rings. The zero-order valence-electron chi connectivity index (χ0n) is 20.1. The van der Waals surface area contributed by atoms with E-state index < -0.39 is 18.3 Å². The maximum atomic E-state index is 13.3. The number of nitrogens with one attached hydrogen (secondary N) is 2. The van der Waals surface area contributed by atoms with Crippen molar-refractivity contribution >= 4 is 17.5 Å². The third-order valence-corrected chi connectivity index (χ3v) is 6.09. The molecule has 3 rings (SSSR count). The van der Waals surface area contributed by atoms with Crippen LogP contribution < -0.4 is 15.4 Å². The summed E-state index contributed by atoms with van der Waals surface area (Å²) in [7, 11) is 0. The standard InChI is InChI=1S/C26H31F4N3O3/c1-18(32-24(34)17-19-7-13-23(14-8-19)36-26(28,29)30)25(35)33(22-5-3-2-4-6-22)16-15-31-21-11-9-20(27)10-12-21/h7-14,18,22,31H,2-6,15-17H2,1H3,(H,32,34). The molecule has 2 N–H and O–H groups in total. The Morgan fingerprint density at radius 1 is 1.03 bits per heavy atom. The number of amides is 2. The second-order valence-electron chi connectivity index (χ2n) is 8.91. The average molecular weight is 510 g/mol. The molecule has 1 aliphatic carbocycles. The van der Waals surface area contributed by atoms with Crippen LogP contribution in [0.2, 0.25) is 0 Å². The minimum absolute atomic E-state index is 0.0839. The van der Waals surface area contributed by atoms with Crippen LogP contribution in [0.5, 0.6) is 5.75 Å². The Balaban J connectivity index is 1.55. The number of anilines is 1. The predicted octanol–water partition coefficient (Wildman–Crippen LogP) is 5.04. The number of ether oxygens (including phenoxy) is 1. The van der Waals surface area contributed by atoms with E-state index in [1.54, 1.807) is 19.1 Å². The van der Waals surface area contributed by atoms with Gasteiger partial charge in [-0.05, 0) is 61.7 Å². The second kappa shape index (κ2) is 12.6. The van der Waals surface area contributed by atoms with Crippen molar-refractivity contribution in [1.29, 1.82) is 0 Å². The van der Waals surface area contributed by atoms with Crippen LogP contribution in [0.4, 0.5) is 23.2 Å². The van der Waals surface area contributed by atoms with Gasteiger partial charge in [0.05, 0.1) is 6.42 Å². The third kappa shape index (κ3) is 8.73. The van der Waals surface area contributed by atoms with Gasteiger partial charge in [0.2, 0.25) is 11.8 Å². The molecule has 2 aromatic rings. The molecule has 196 valence electrons. The SMILES string of the molecule is CC(NC(=O)Cc1ccc(OC(F)(F)F)cc1)C(=O)N(CCNc1ccc(F)cc1)C1CCCCC1. The maximum Gasteiger partial charge on any atom is 0.573 e. The van der Waals surface area contributed by atoms with Crippen molar-refractivity contribution in [2.75, 3.05) is 18.4 Å². The highest BCUT2D eigenvalue weighted by Gasteiger charge is 2.31. The van der Waals surface area contributed by atoms with Crippen molar-refractivity contribution in [3.8, 4) is 5.75 Å². The number of carbonyl (C=O) groups is 2. The topological polar surface area (TPSA) is 70.7 Å². The molecule has 0 aliphatic heterocycles. The molecular weight excluding hydrogens is 478 g/mol. The Labute approximate surface area is 208 Å². The van der Waals surface area contributed by atoms with E-state index in [-0.39, 0.29) is 29.9 Å². The van der Waals surface area contributed by atoms with Crippen molar-refractivity contribution in [3.63, 3.8) is 0 Å². The van der Waals surface area contributed by atoms with Gasteiger partial charge in [0.15, 0.2) is 0 Å². The molecule has 0 heterocycles. The molecular formula is C26H31F4N3O3. The Bertz CT molecular complexity index is 991. The van der Waals surface area contributed by atoms with Gasteiger partial charge in [0.1, 0.15) is 17.6 Å². The number of halogens is 4. The van der Waals surface area contributed by atoms with Crippen molar-refractivity contribution in [2.45, 2.75) is 63.9 Å².